The van der Waals surface area contributed by atoms with Crippen LogP contribution in [0.4, 0.5) is 0 Å². The van der Waals surface area contributed by atoms with Gasteiger partial charge in [-0.2, -0.15) is 0 Å². The van der Waals surface area contributed by atoms with Crippen LogP contribution in [0.25, 0.3) is 0 Å². The van der Waals surface area contributed by atoms with Gasteiger partial charge < -0.3 is 10.1 Å². The van der Waals surface area contributed by atoms with Crippen LogP contribution >= 0.6 is 31.9 Å². The molecular weight excluding hydrogens is 358 g/mol. The minimum Gasteiger partial charge on any atom is -0.501 e. The molecule has 0 radical (unpaired) electrons. The van der Waals surface area contributed by atoms with E-state index in [9.17, 15) is 0 Å². The normalized spacial score (nSPS) is 16.9. The van der Waals surface area contributed by atoms with Crippen LogP contribution in [0, 0.1) is 0 Å². The van der Waals surface area contributed by atoms with E-state index in [1.807, 2.05) is 6.26 Å². The Morgan fingerprint density at radius 2 is 2.22 bits per heavy atom. The molecule has 1 aromatic carbocycles. The van der Waals surface area contributed by atoms with E-state index in [2.05, 4.69) is 62.3 Å². The number of hydrogen-bond donors (Lipinski definition) is 1. The maximum absolute atomic E-state index is 5.47. The zero-order chi connectivity index (χ0) is 13.0. The fourth-order valence-corrected chi connectivity index (χ4v) is 3.45. The maximum atomic E-state index is 5.47. The van der Waals surface area contributed by atoms with Crippen molar-refractivity contribution in [3.05, 3.63) is 44.5 Å². The van der Waals surface area contributed by atoms with Crippen LogP contribution in [0.3, 0.4) is 0 Å². The summed E-state index contributed by atoms with van der Waals surface area (Å²) in [6.07, 6.45) is 4.12. The highest BCUT2D eigenvalue weighted by atomic mass is 79.9. The van der Waals surface area contributed by atoms with Gasteiger partial charge in [0.2, 0.25) is 0 Å². The van der Waals surface area contributed by atoms with Gasteiger partial charge in [-0.1, -0.05) is 44.8 Å². The highest BCUT2D eigenvalue weighted by molar-refractivity contribution is 9.11. The van der Waals surface area contributed by atoms with Crippen molar-refractivity contribution in [2.75, 3.05) is 13.2 Å². The molecule has 1 N–H and O–H groups in total. The van der Waals surface area contributed by atoms with Crippen LogP contribution in [0.2, 0.25) is 0 Å². The topological polar surface area (TPSA) is 21.3 Å². The van der Waals surface area contributed by atoms with Crippen molar-refractivity contribution in [2.24, 2.45) is 0 Å². The van der Waals surface area contributed by atoms with Gasteiger partial charge >= 0.3 is 0 Å². The van der Waals surface area contributed by atoms with Crippen LogP contribution in [0.1, 0.15) is 31.4 Å². The lowest BCUT2D eigenvalue weighted by molar-refractivity contribution is 0.219. The number of likely N-dealkylation sites (N-methyl/N-ethyl adjacent to an activating group) is 1. The Morgan fingerprint density at radius 3 is 2.83 bits per heavy atom. The quantitative estimate of drug-likeness (QED) is 0.834. The van der Waals surface area contributed by atoms with E-state index in [0.29, 0.717) is 0 Å². The van der Waals surface area contributed by atoms with Gasteiger partial charge in [0.25, 0.3) is 0 Å². The van der Waals surface area contributed by atoms with Crippen LogP contribution in [-0.4, -0.2) is 13.2 Å². The van der Waals surface area contributed by atoms with Gasteiger partial charge in [-0.15, -0.1) is 0 Å². The van der Waals surface area contributed by atoms with Gasteiger partial charge in [0.1, 0.15) is 0 Å². The molecule has 1 aromatic rings. The van der Waals surface area contributed by atoms with E-state index in [-0.39, 0.29) is 6.04 Å². The number of hydrogen-bond acceptors (Lipinski definition) is 2. The van der Waals surface area contributed by atoms with Crippen molar-refractivity contribution in [3.8, 4) is 0 Å². The summed E-state index contributed by atoms with van der Waals surface area (Å²) >= 11 is 7.14. The van der Waals surface area contributed by atoms with Crippen LogP contribution in [-0.2, 0) is 4.74 Å². The summed E-state index contributed by atoms with van der Waals surface area (Å²) in [5, 5.41) is 3.54. The van der Waals surface area contributed by atoms with Gasteiger partial charge in [0.05, 0.1) is 18.9 Å². The molecule has 0 aromatic heterocycles. The van der Waals surface area contributed by atoms with E-state index in [1.54, 1.807) is 0 Å². The molecule has 0 bridgehead atoms. The molecule has 0 spiro atoms. The molecule has 18 heavy (non-hydrogen) atoms. The van der Waals surface area contributed by atoms with Crippen molar-refractivity contribution in [1.29, 1.82) is 0 Å². The Morgan fingerprint density at radius 1 is 1.39 bits per heavy atom. The van der Waals surface area contributed by atoms with Crippen LogP contribution in [0.15, 0.2) is 39.0 Å². The summed E-state index contributed by atoms with van der Waals surface area (Å²) < 4.78 is 7.67. The lowest BCUT2D eigenvalue weighted by Crippen LogP contribution is -2.24. The molecule has 4 heteroatoms. The molecule has 1 atom stereocenters. The number of nitrogens with one attached hydrogen (secondary N) is 1. The lowest BCUT2D eigenvalue weighted by Gasteiger charge is -2.25. The first kappa shape index (κ1) is 14.1. The molecule has 98 valence electrons. The standard InChI is InChI=1S/C14H17Br2NO/c1-2-17-14(10-4-3-7-18-9-10)12-6-5-11(15)8-13(12)16/h5-6,8-9,14,17H,2-4,7H2,1H3. The fraction of sp³-hybridized carbons (Fsp3) is 0.429. The minimum atomic E-state index is 0.234. The number of rotatable bonds is 4. The van der Waals surface area contributed by atoms with Crippen molar-refractivity contribution in [2.45, 2.75) is 25.8 Å². The zero-order valence-electron chi connectivity index (χ0n) is 10.4. The molecule has 0 saturated carbocycles. The number of halogens is 2. The first-order chi connectivity index (χ1) is 8.72. The Balaban J connectivity index is 2.31. The van der Waals surface area contributed by atoms with Gasteiger partial charge in [-0.05, 0) is 42.7 Å². The van der Waals surface area contributed by atoms with Crippen LogP contribution < -0.4 is 5.32 Å². The Hall–Kier alpha value is -0.320. The number of benzene rings is 1. The Bertz CT molecular complexity index is 445. The van der Waals surface area contributed by atoms with Gasteiger partial charge in [-0.25, -0.2) is 0 Å². The average Bonchev–Trinajstić information content (AvgIpc) is 2.38. The maximum Gasteiger partial charge on any atom is 0.0876 e. The smallest absolute Gasteiger partial charge is 0.0876 e. The average molecular weight is 375 g/mol. The minimum absolute atomic E-state index is 0.234. The van der Waals surface area contributed by atoms with E-state index in [1.165, 1.54) is 11.1 Å². The van der Waals surface area contributed by atoms with Crippen molar-refractivity contribution >= 4 is 31.9 Å². The predicted octanol–water partition coefficient (Wildman–Crippen LogP) is 4.56. The molecule has 1 aliphatic heterocycles. The molecular formula is C14H17Br2NO. The largest absolute Gasteiger partial charge is 0.501 e. The van der Waals surface area contributed by atoms with Crippen LogP contribution in [0.5, 0.6) is 0 Å². The second-order valence-electron chi connectivity index (χ2n) is 4.32. The third-order valence-electron chi connectivity index (χ3n) is 3.01. The van der Waals surface area contributed by atoms with E-state index < -0.39 is 0 Å². The first-order valence-corrected chi connectivity index (χ1v) is 7.80. The summed E-state index contributed by atoms with van der Waals surface area (Å²) in [4.78, 5) is 0. The van der Waals surface area contributed by atoms with Crippen molar-refractivity contribution in [1.82, 2.24) is 5.32 Å². The summed E-state index contributed by atoms with van der Waals surface area (Å²) in [5.74, 6) is 0. The van der Waals surface area contributed by atoms with Gasteiger partial charge in [-0.3, -0.25) is 0 Å². The van der Waals surface area contributed by atoms with Crippen molar-refractivity contribution in [3.63, 3.8) is 0 Å². The molecule has 2 rings (SSSR count). The third kappa shape index (κ3) is 3.37. The SMILES string of the molecule is CCNC(C1=COCCC1)c1ccc(Br)cc1Br. The first-order valence-electron chi connectivity index (χ1n) is 6.21. The molecule has 0 amide bonds. The highest BCUT2D eigenvalue weighted by Crippen LogP contribution is 2.33. The third-order valence-corrected chi connectivity index (χ3v) is 4.19. The van der Waals surface area contributed by atoms with Crippen molar-refractivity contribution < 1.29 is 4.74 Å². The van der Waals surface area contributed by atoms with E-state index in [0.717, 1.165) is 34.9 Å². The molecule has 1 aliphatic rings. The molecule has 0 aliphatic carbocycles. The molecule has 2 nitrogen and oxygen atoms in total. The van der Waals surface area contributed by atoms with Gasteiger partial charge in [0, 0.05) is 8.95 Å². The van der Waals surface area contributed by atoms with Gasteiger partial charge in [0.15, 0.2) is 0 Å². The molecule has 1 unspecified atom stereocenters. The monoisotopic (exact) mass is 373 g/mol. The summed E-state index contributed by atoms with van der Waals surface area (Å²) in [7, 11) is 0. The summed E-state index contributed by atoms with van der Waals surface area (Å²) in [6, 6.07) is 6.55. The van der Waals surface area contributed by atoms with E-state index in [4.69, 9.17) is 4.74 Å². The lowest BCUT2D eigenvalue weighted by atomic mass is 9.95. The Kier molecular flexibility index (Phi) is 5.27. The Labute approximate surface area is 125 Å². The summed E-state index contributed by atoms with van der Waals surface area (Å²) in [6.45, 7) is 3.90. The second kappa shape index (κ2) is 6.73. The highest BCUT2D eigenvalue weighted by Gasteiger charge is 2.20. The molecule has 1 heterocycles. The molecule has 0 saturated heterocycles. The second-order valence-corrected chi connectivity index (χ2v) is 6.09. The fourth-order valence-electron chi connectivity index (χ4n) is 2.18. The van der Waals surface area contributed by atoms with E-state index >= 15 is 0 Å². The zero-order valence-corrected chi connectivity index (χ0v) is 13.6. The number of ether oxygens (including phenoxy) is 1. The molecule has 0 fully saturated rings. The predicted molar refractivity (Wildman–Crippen MR) is 81.5 cm³/mol. The summed E-state index contributed by atoms with van der Waals surface area (Å²) in [5.41, 5.74) is 2.59.